The van der Waals surface area contributed by atoms with Gasteiger partial charge >= 0.3 is 6.03 Å². The molecule has 0 bridgehead atoms. The number of nitrogens with zero attached hydrogens (tertiary/aromatic N) is 2. The SMILES string of the molecule is CC(C)Cc1cc(-c2ccc(CN3CCN(C)C3=O)cc2)c(S(=O)(=O)NC(C)(C)C)s1. The van der Waals surface area contributed by atoms with E-state index in [1.165, 1.54) is 11.3 Å². The molecule has 170 valence electrons. The van der Waals surface area contributed by atoms with Crippen LogP contribution in [0.25, 0.3) is 11.1 Å². The molecule has 1 aromatic heterocycles. The van der Waals surface area contributed by atoms with Gasteiger partial charge in [-0.25, -0.2) is 17.9 Å². The maximum atomic E-state index is 13.2. The highest BCUT2D eigenvalue weighted by molar-refractivity contribution is 7.91. The average Bonchev–Trinajstić information content (AvgIpc) is 3.19. The van der Waals surface area contributed by atoms with Crippen molar-refractivity contribution in [1.29, 1.82) is 0 Å². The summed E-state index contributed by atoms with van der Waals surface area (Å²) in [4.78, 5) is 16.7. The van der Waals surface area contributed by atoms with Crippen LogP contribution in [0.5, 0.6) is 0 Å². The first kappa shape index (κ1) is 23.8. The van der Waals surface area contributed by atoms with Crippen LogP contribution in [0.4, 0.5) is 4.79 Å². The lowest BCUT2D eigenvalue weighted by molar-refractivity contribution is 0.197. The van der Waals surface area contributed by atoms with Crippen molar-refractivity contribution in [3.63, 3.8) is 0 Å². The van der Waals surface area contributed by atoms with Crippen molar-refractivity contribution < 1.29 is 13.2 Å². The molecule has 0 aliphatic carbocycles. The number of urea groups is 1. The van der Waals surface area contributed by atoms with Gasteiger partial charge in [-0.3, -0.25) is 0 Å². The fraction of sp³-hybridized carbons (Fsp3) is 0.522. The number of rotatable bonds is 7. The molecule has 0 saturated carbocycles. The van der Waals surface area contributed by atoms with Gasteiger partial charge < -0.3 is 9.80 Å². The summed E-state index contributed by atoms with van der Waals surface area (Å²) in [6, 6.07) is 9.92. The third-order valence-electron chi connectivity index (χ3n) is 4.98. The fourth-order valence-electron chi connectivity index (χ4n) is 3.64. The molecule has 1 aliphatic rings. The molecule has 1 saturated heterocycles. The molecular formula is C23H33N3O3S2. The van der Waals surface area contributed by atoms with Crippen molar-refractivity contribution in [1.82, 2.24) is 14.5 Å². The highest BCUT2D eigenvalue weighted by Gasteiger charge is 2.28. The van der Waals surface area contributed by atoms with Gasteiger partial charge in [-0.1, -0.05) is 38.1 Å². The van der Waals surface area contributed by atoms with Crippen molar-refractivity contribution in [2.75, 3.05) is 20.1 Å². The van der Waals surface area contributed by atoms with Gasteiger partial charge in [0, 0.05) is 42.7 Å². The second-order valence-corrected chi connectivity index (χ2v) is 12.7. The first-order valence-corrected chi connectivity index (χ1v) is 12.9. The van der Waals surface area contributed by atoms with Gasteiger partial charge in [0.2, 0.25) is 0 Å². The number of benzene rings is 1. The molecule has 2 aromatic rings. The summed E-state index contributed by atoms with van der Waals surface area (Å²) in [6.45, 7) is 11.8. The van der Waals surface area contributed by atoms with Gasteiger partial charge in [0.1, 0.15) is 4.21 Å². The summed E-state index contributed by atoms with van der Waals surface area (Å²) >= 11 is 1.35. The maximum Gasteiger partial charge on any atom is 0.320 e. The quantitative estimate of drug-likeness (QED) is 0.654. The van der Waals surface area contributed by atoms with Gasteiger partial charge in [0.05, 0.1) is 0 Å². The van der Waals surface area contributed by atoms with Gasteiger partial charge in [-0.15, -0.1) is 11.3 Å². The molecule has 2 heterocycles. The Balaban J connectivity index is 1.92. The molecule has 8 heteroatoms. The molecule has 2 amide bonds. The Labute approximate surface area is 190 Å². The van der Waals surface area contributed by atoms with Crippen LogP contribution in [0.2, 0.25) is 0 Å². The zero-order chi connectivity index (χ0) is 23.0. The second-order valence-electron chi connectivity index (χ2n) is 9.69. The van der Waals surface area contributed by atoms with Gasteiger partial charge in [0.15, 0.2) is 0 Å². The van der Waals surface area contributed by atoms with Crippen molar-refractivity contribution in [2.24, 2.45) is 5.92 Å². The lowest BCUT2D eigenvalue weighted by Crippen LogP contribution is -2.40. The minimum Gasteiger partial charge on any atom is -0.326 e. The number of thiophene rings is 1. The Hall–Kier alpha value is -1.90. The van der Waals surface area contributed by atoms with Crippen molar-refractivity contribution in [3.05, 3.63) is 40.8 Å². The molecule has 6 nitrogen and oxygen atoms in total. The van der Waals surface area contributed by atoms with E-state index in [-0.39, 0.29) is 6.03 Å². The second kappa shape index (κ2) is 8.92. The third-order valence-corrected chi connectivity index (χ3v) is 8.43. The van der Waals surface area contributed by atoms with E-state index in [2.05, 4.69) is 18.6 Å². The fourth-order valence-corrected chi connectivity index (χ4v) is 7.01. The van der Waals surface area contributed by atoms with Crippen LogP contribution >= 0.6 is 11.3 Å². The number of carbonyl (C=O) groups excluding carboxylic acids is 1. The molecule has 1 aromatic carbocycles. The van der Waals surface area contributed by atoms with Crippen molar-refractivity contribution in [3.8, 4) is 11.1 Å². The van der Waals surface area contributed by atoms with Crippen LogP contribution < -0.4 is 4.72 Å². The Kier molecular flexibility index (Phi) is 6.84. The van der Waals surface area contributed by atoms with Crippen LogP contribution in [-0.2, 0) is 23.0 Å². The lowest BCUT2D eigenvalue weighted by atomic mass is 10.0. The molecule has 0 unspecified atom stereocenters. The van der Waals surface area contributed by atoms with E-state index in [9.17, 15) is 13.2 Å². The summed E-state index contributed by atoms with van der Waals surface area (Å²) < 4.78 is 29.5. The lowest BCUT2D eigenvalue weighted by Gasteiger charge is -2.20. The zero-order valence-electron chi connectivity index (χ0n) is 19.2. The average molecular weight is 464 g/mol. The minimum atomic E-state index is -3.64. The van der Waals surface area contributed by atoms with Crippen molar-refractivity contribution in [2.45, 2.75) is 57.3 Å². The third kappa shape index (κ3) is 5.87. The van der Waals surface area contributed by atoms with E-state index in [0.29, 0.717) is 16.7 Å². The molecule has 1 fully saturated rings. The first-order valence-electron chi connectivity index (χ1n) is 10.6. The molecular weight excluding hydrogens is 430 g/mol. The summed E-state index contributed by atoms with van der Waals surface area (Å²) in [5, 5.41) is 0. The van der Waals surface area contributed by atoms with E-state index >= 15 is 0 Å². The van der Waals surface area contributed by atoms with Crippen LogP contribution in [0.1, 0.15) is 45.1 Å². The Morgan fingerprint density at radius 2 is 1.77 bits per heavy atom. The molecule has 1 aliphatic heterocycles. The number of amides is 2. The van der Waals surface area contributed by atoms with Crippen LogP contribution in [-0.4, -0.2) is 49.9 Å². The van der Waals surface area contributed by atoms with E-state index in [1.807, 2.05) is 63.1 Å². The molecule has 3 rings (SSSR count). The van der Waals surface area contributed by atoms with E-state index in [0.717, 1.165) is 41.1 Å². The normalized spacial score (nSPS) is 15.4. The molecule has 1 N–H and O–H groups in total. The topological polar surface area (TPSA) is 69.7 Å². The van der Waals surface area contributed by atoms with E-state index < -0.39 is 15.6 Å². The summed E-state index contributed by atoms with van der Waals surface area (Å²) in [5.41, 5.74) is 2.08. The molecule has 0 atom stereocenters. The highest BCUT2D eigenvalue weighted by atomic mass is 32.2. The minimum absolute atomic E-state index is 0.0434. The number of hydrogen-bond donors (Lipinski definition) is 1. The predicted molar refractivity (Wildman–Crippen MR) is 127 cm³/mol. The number of sulfonamides is 1. The standard InChI is InChI=1S/C23H33N3O3S2/c1-16(2)13-19-14-20(21(30-19)31(28,29)24-23(3,4)5)18-9-7-17(8-10-18)15-26-12-11-25(6)22(26)27/h7-10,14,16,24H,11-13,15H2,1-6H3. The smallest absolute Gasteiger partial charge is 0.320 e. The van der Waals surface area contributed by atoms with Gasteiger partial charge in [0.25, 0.3) is 10.0 Å². The number of nitrogens with one attached hydrogen (secondary N) is 1. The van der Waals surface area contributed by atoms with Crippen molar-refractivity contribution >= 4 is 27.4 Å². The number of hydrogen-bond acceptors (Lipinski definition) is 4. The van der Waals surface area contributed by atoms with E-state index in [1.54, 1.807) is 4.90 Å². The van der Waals surface area contributed by atoms with Gasteiger partial charge in [-0.05, 0) is 50.3 Å². The molecule has 0 spiro atoms. The van der Waals surface area contributed by atoms with E-state index in [4.69, 9.17) is 0 Å². The molecule has 0 radical (unpaired) electrons. The molecule has 31 heavy (non-hydrogen) atoms. The van der Waals surface area contributed by atoms with Crippen LogP contribution in [0, 0.1) is 5.92 Å². The Morgan fingerprint density at radius 3 is 2.29 bits per heavy atom. The maximum absolute atomic E-state index is 13.2. The zero-order valence-corrected chi connectivity index (χ0v) is 20.9. The summed E-state index contributed by atoms with van der Waals surface area (Å²) in [7, 11) is -1.83. The number of carbonyl (C=O) groups is 1. The number of likely N-dealkylation sites (N-methyl/N-ethyl adjacent to an activating group) is 1. The van der Waals surface area contributed by atoms with Crippen LogP contribution in [0.15, 0.2) is 34.5 Å². The monoisotopic (exact) mass is 463 g/mol. The largest absolute Gasteiger partial charge is 0.326 e. The summed E-state index contributed by atoms with van der Waals surface area (Å²) in [6.07, 6.45) is 0.839. The highest BCUT2D eigenvalue weighted by Crippen LogP contribution is 2.37. The summed E-state index contributed by atoms with van der Waals surface area (Å²) in [5.74, 6) is 0.441. The van der Waals surface area contributed by atoms with Crippen LogP contribution in [0.3, 0.4) is 0 Å². The first-order chi connectivity index (χ1) is 14.4. The Bertz CT molecular complexity index is 1040. The predicted octanol–water partition coefficient (Wildman–Crippen LogP) is 4.56. The van der Waals surface area contributed by atoms with Gasteiger partial charge in [-0.2, -0.15) is 0 Å². The Morgan fingerprint density at radius 1 is 1.13 bits per heavy atom.